The number of nitrogens with two attached hydrogens (primary N) is 1. The van der Waals surface area contributed by atoms with E-state index in [0.29, 0.717) is 17.5 Å². The highest BCUT2D eigenvalue weighted by molar-refractivity contribution is 5.94. The minimum atomic E-state index is -0.505. The third-order valence-electron chi connectivity index (χ3n) is 3.09. The summed E-state index contributed by atoms with van der Waals surface area (Å²) in [6, 6.07) is 14.2. The van der Waals surface area contributed by atoms with Crippen LogP contribution in [0.3, 0.4) is 0 Å². The topological polar surface area (TPSA) is 43.1 Å². The van der Waals surface area contributed by atoms with Gasteiger partial charge in [-0.1, -0.05) is 30.3 Å². The molecule has 0 unspecified atom stereocenters. The number of rotatable bonds is 5. The van der Waals surface area contributed by atoms with Crippen molar-refractivity contribution in [3.63, 3.8) is 0 Å². The van der Waals surface area contributed by atoms with E-state index in [2.05, 4.69) is 12.1 Å². The molecular weight excluding hydrogens is 241 g/mol. The molecule has 0 radical (unpaired) electrons. The molecule has 19 heavy (non-hydrogen) atoms. The molecule has 0 spiro atoms. The van der Waals surface area contributed by atoms with Gasteiger partial charge in [-0.25, -0.2) is 4.39 Å². The van der Waals surface area contributed by atoms with Crippen molar-refractivity contribution in [3.05, 3.63) is 71.0 Å². The molecule has 2 N–H and O–H groups in total. The van der Waals surface area contributed by atoms with Gasteiger partial charge < -0.3 is 5.73 Å². The molecule has 0 atom stereocenters. The lowest BCUT2D eigenvalue weighted by Crippen LogP contribution is -2.14. The van der Waals surface area contributed by atoms with E-state index in [1.54, 1.807) is 0 Å². The Morgan fingerprint density at radius 3 is 2.47 bits per heavy atom. The van der Waals surface area contributed by atoms with Gasteiger partial charge in [0.25, 0.3) is 0 Å². The Bertz CT molecular complexity index is 566. The third-order valence-corrected chi connectivity index (χ3v) is 3.09. The van der Waals surface area contributed by atoms with Crippen LogP contribution in [0.15, 0.2) is 48.5 Å². The van der Waals surface area contributed by atoms with Gasteiger partial charge in [-0.05, 0) is 48.6 Å². The van der Waals surface area contributed by atoms with E-state index in [9.17, 15) is 9.18 Å². The van der Waals surface area contributed by atoms with E-state index in [0.717, 1.165) is 12.8 Å². The molecule has 2 aromatic rings. The van der Waals surface area contributed by atoms with Gasteiger partial charge in [0.1, 0.15) is 5.82 Å². The first-order chi connectivity index (χ1) is 9.16. The van der Waals surface area contributed by atoms with Crippen LogP contribution in [-0.2, 0) is 12.8 Å². The van der Waals surface area contributed by atoms with Crippen molar-refractivity contribution in [2.45, 2.75) is 19.3 Å². The van der Waals surface area contributed by atoms with E-state index in [4.69, 9.17) is 5.73 Å². The minimum Gasteiger partial charge on any atom is -0.366 e. The smallest absolute Gasteiger partial charge is 0.248 e. The number of hydrogen-bond donors (Lipinski definition) is 1. The molecule has 2 nitrogen and oxygen atoms in total. The summed E-state index contributed by atoms with van der Waals surface area (Å²) in [6.07, 6.45) is 2.40. The molecule has 3 heteroatoms. The molecule has 0 bridgehead atoms. The highest BCUT2D eigenvalue weighted by atomic mass is 19.1. The number of aryl methyl sites for hydroxylation is 2. The summed E-state index contributed by atoms with van der Waals surface area (Å²) >= 11 is 0. The van der Waals surface area contributed by atoms with Gasteiger partial charge in [0.15, 0.2) is 0 Å². The second kappa shape index (κ2) is 6.14. The second-order valence-corrected chi connectivity index (χ2v) is 4.50. The van der Waals surface area contributed by atoms with E-state index in [1.165, 1.54) is 23.8 Å². The zero-order valence-electron chi connectivity index (χ0n) is 10.6. The lowest BCUT2D eigenvalue weighted by Gasteiger charge is -2.07. The molecule has 0 saturated carbocycles. The van der Waals surface area contributed by atoms with Gasteiger partial charge in [-0.3, -0.25) is 4.79 Å². The number of benzene rings is 2. The van der Waals surface area contributed by atoms with Gasteiger partial charge in [0.2, 0.25) is 5.91 Å². The van der Waals surface area contributed by atoms with Crippen molar-refractivity contribution in [1.82, 2.24) is 0 Å². The summed E-state index contributed by atoms with van der Waals surface area (Å²) in [5.74, 6) is -0.838. The first-order valence-corrected chi connectivity index (χ1v) is 6.29. The number of carbonyl (C=O) groups excluding carboxylic acids is 1. The summed E-state index contributed by atoms with van der Waals surface area (Å²) in [6.45, 7) is 0. The first-order valence-electron chi connectivity index (χ1n) is 6.29. The second-order valence-electron chi connectivity index (χ2n) is 4.50. The normalized spacial score (nSPS) is 10.4. The molecule has 0 aliphatic rings. The van der Waals surface area contributed by atoms with Gasteiger partial charge in [-0.15, -0.1) is 0 Å². The summed E-state index contributed by atoms with van der Waals surface area (Å²) in [4.78, 5) is 11.3. The molecule has 0 aliphatic heterocycles. The summed E-state index contributed by atoms with van der Waals surface area (Å²) in [5, 5.41) is 0. The number of amides is 1. The molecule has 0 saturated heterocycles. The van der Waals surface area contributed by atoms with Crippen LogP contribution in [-0.4, -0.2) is 5.91 Å². The fourth-order valence-corrected chi connectivity index (χ4v) is 2.14. The molecule has 0 aromatic heterocycles. The predicted molar refractivity (Wildman–Crippen MR) is 73.4 cm³/mol. The van der Waals surface area contributed by atoms with Crippen molar-refractivity contribution in [2.75, 3.05) is 0 Å². The molecule has 2 rings (SSSR count). The lowest BCUT2D eigenvalue weighted by atomic mass is 9.99. The van der Waals surface area contributed by atoms with Crippen LogP contribution in [0.2, 0.25) is 0 Å². The van der Waals surface area contributed by atoms with Gasteiger partial charge in [0.05, 0.1) is 0 Å². The SMILES string of the molecule is NC(=O)c1ccc(F)cc1CCCc1ccccc1. The molecule has 1 amide bonds. The van der Waals surface area contributed by atoms with Crippen LogP contribution >= 0.6 is 0 Å². The first kappa shape index (κ1) is 13.3. The average Bonchev–Trinajstić information content (AvgIpc) is 2.39. The Kier molecular flexibility index (Phi) is 4.29. The molecule has 0 fully saturated rings. The fraction of sp³-hybridized carbons (Fsp3) is 0.188. The molecule has 0 aliphatic carbocycles. The van der Waals surface area contributed by atoms with E-state index < -0.39 is 5.91 Å². The lowest BCUT2D eigenvalue weighted by molar-refractivity contribution is 0.0999. The zero-order valence-corrected chi connectivity index (χ0v) is 10.6. The van der Waals surface area contributed by atoms with Crippen molar-refractivity contribution in [2.24, 2.45) is 5.73 Å². The van der Waals surface area contributed by atoms with Crippen LogP contribution in [0.4, 0.5) is 4.39 Å². The van der Waals surface area contributed by atoms with E-state index in [-0.39, 0.29) is 5.82 Å². The van der Waals surface area contributed by atoms with Crippen LogP contribution in [0, 0.1) is 5.82 Å². The quantitative estimate of drug-likeness (QED) is 0.878. The predicted octanol–water partition coefficient (Wildman–Crippen LogP) is 3.10. The monoisotopic (exact) mass is 257 g/mol. The maximum atomic E-state index is 13.2. The Labute approximate surface area is 112 Å². The van der Waals surface area contributed by atoms with Gasteiger partial charge >= 0.3 is 0 Å². The summed E-state index contributed by atoms with van der Waals surface area (Å²) < 4.78 is 13.2. The maximum Gasteiger partial charge on any atom is 0.248 e. The number of hydrogen-bond acceptors (Lipinski definition) is 1. The molecular formula is C16H16FNO. The number of halogens is 1. The molecule has 98 valence electrons. The highest BCUT2D eigenvalue weighted by Gasteiger charge is 2.09. The third kappa shape index (κ3) is 3.65. The zero-order chi connectivity index (χ0) is 13.7. The van der Waals surface area contributed by atoms with Crippen molar-refractivity contribution in [1.29, 1.82) is 0 Å². The number of primary amides is 1. The van der Waals surface area contributed by atoms with Crippen LogP contribution in [0.1, 0.15) is 27.9 Å². The average molecular weight is 257 g/mol. The van der Waals surface area contributed by atoms with Crippen molar-refractivity contribution < 1.29 is 9.18 Å². The minimum absolute atomic E-state index is 0.334. The summed E-state index contributed by atoms with van der Waals surface area (Å²) in [5.41, 5.74) is 7.62. The van der Waals surface area contributed by atoms with E-state index >= 15 is 0 Å². The van der Waals surface area contributed by atoms with Gasteiger partial charge in [-0.2, -0.15) is 0 Å². The largest absolute Gasteiger partial charge is 0.366 e. The Balaban J connectivity index is 2.03. The maximum absolute atomic E-state index is 13.2. The number of carbonyl (C=O) groups is 1. The summed E-state index contributed by atoms with van der Waals surface area (Å²) in [7, 11) is 0. The molecule has 0 heterocycles. The van der Waals surface area contributed by atoms with Gasteiger partial charge in [0, 0.05) is 5.56 Å². The van der Waals surface area contributed by atoms with Crippen LogP contribution in [0.25, 0.3) is 0 Å². The fourth-order valence-electron chi connectivity index (χ4n) is 2.14. The van der Waals surface area contributed by atoms with Crippen molar-refractivity contribution in [3.8, 4) is 0 Å². The standard InChI is InChI=1S/C16H16FNO/c17-14-9-10-15(16(18)19)13(11-14)8-4-7-12-5-2-1-3-6-12/h1-3,5-6,9-11H,4,7-8H2,(H2,18,19). The van der Waals surface area contributed by atoms with Crippen LogP contribution < -0.4 is 5.73 Å². The Morgan fingerprint density at radius 1 is 1.05 bits per heavy atom. The van der Waals surface area contributed by atoms with Crippen molar-refractivity contribution >= 4 is 5.91 Å². The Hall–Kier alpha value is -2.16. The molecule has 2 aromatic carbocycles. The highest BCUT2D eigenvalue weighted by Crippen LogP contribution is 2.14. The Morgan fingerprint density at radius 2 is 1.79 bits per heavy atom. The van der Waals surface area contributed by atoms with E-state index in [1.807, 2.05) is 18.2 Å². The van der Waals surface area contributed by atoms with Crippen LogP contribution in [0.5, 0.6) is 0 Å².